The second-order valence-electron chi connectivity index (χ2n) is 6.11. The zero-order valence-corrected chi connectivity index (χ0v) is 16.0. The van der Waals surface area contributed by atoms with Crippen LogP contribution in [0.5, 0.6) is 0 Å². The minimum Gasteiger partial charge on any atom is -0.448 e. The van der Waals surface area contributed by atoms with Crippen molar-refractivity contribution in [3.8, 4) is 0 Å². The third kappa shape index (κ3) is 6.23. The Morgan fingerprint density at radius 1 is 1.17 bits per heavy atom. The molecule has 0 saturated heterocycles. The predicted molar refractivity (Wildman–Crippen MR) is 105 cm³/mol. The summed E-state index contributed by atoms with van der Waals surface area (Å²) in [5.74, 6) is -3.32. The van der Waals surface area contributed by atoms with Gasteiger partial charge >= 0.3 is 11.7 Å². The van der Waals surface area contributed by atoms with E-state index in [-0.39, 0.29) is 11.4 Å². The molecule has 2 aromatic rings. The van der Waals surface area contributed by atoms with Gasteiger partial charge in [-0.15, -0.1) is 0 Å². The molecule has 9 nitrogen and oxygen atoms in total. The van der Waals surface area contributed by atoms with Crippen LogP contribution in [-0.2, 0) is 19.1 Å². The predicted octanol–water partition coefficient (Wildman–Crippen LogP) is 2.78. The third-order valence-corrected chi connectivity index (χ3v) is 3.70. The molecule has 10 heteroatoms. The topological polar surface area (TPSA) is 128 Å². The Hall–Kier alpha value is -4.08. The first-order valence-corrected chi connectivity index (χ1v) is 8.67. The molecule has 0 aliphatic heterocycles. The molecule has 0 unspecified atom stereocenters. The fourth-order valence-electron chi connectivity index (χ4n) is 2.30. The maximum absolute atomic E-state index is 13.4. The fourth-order valence-corrected chi connectivity index (χ4v) is 2.30. The van der Waals surface area contributed by atoms with E-state index in [9.17, 15) is 28.9 Å². The normalized spacial score (nSPS) is 11.9. The van der Waals surface area contributed by atoms with Crippen LogP contribution in [0.4, 0.5) is 15.8 Å². The van der Waals surface area contributed by atoms with Gasteiger partial charge in [0.25, 0.3) is 5.91 Å². The van der Waals surface area contributed by atoms with E-state index in [1.54, 1.807) is 30.3 Å². The highest BCUT2D eigenvalue weighted by Gasteiger charge is 2.22. The smallest absolute Gasteiger partial charge is 0.355 e. The van der Waals surface area contributed by atoms with Crippen molar-refractivity contribution in [2.75, 3.05) is 5.32 Å². The van der Waals surface area contributed by atoms with Crippen molar-refractivity contribution >= 4 is 35.2 Å². The van der Waals surface area contributed by atoms with Gasteiger partial charge in [-0.2, -0.15) is 4.39 Å². The molecule has 0 fully saturated rings. The first kappa shape index (κ1) is 22.2. The number of nitrogens with one attached hydrogen (secondary N) is 2. The van der Waals surface area contributed by atoms with Crippen LogP contribution in [0, 0.1) is 15.9 Å². The summed E-state index contributed by atoms with van der Waals surface area (Å²) in [7, 11) is 0. The highest BCUT2D eigenvalue weighted by Crippen LogP contribution is 2.22. The number of benzene rings is 2. The monoisotopic (exact) mass is 415 g/mol. The van der Waals surface area contributed by atoms with E-state index >= 15 is 0 Å². The van der Waals surface area contributed by atoms with Gasteiger partial charge < -0.3 is 15.4 Å². The molecule has 0 heterocycles. The molecular weight excluding hydrogens is 397 g/mol. The molecule has 2 aromatic carbocycles. The van der Waals surface area contributed by atoms with E-state index in [2.05, 4.69) is 10.6 Å². The second-order valence-corrected chi connectivity index (χ2v) is 6.11. The van der Waals surface area contributed by atoms with Crippen LogP contribution in [0.2, 0.25) is 0 Å². The van der Waals surface area contributed by atoms with E-state index in [0.29, 0.717) is 5.56 Å². The molecule has 0 bridgehead atoms. The molecule has 2 amide bonds. The summed E-state index contributed by atoms with van der Waals surface area (Å²) >= 11 is 0. The Labute approximate surface area is 170 Å². The Bertz CT molecular complexity index is 1010. The van der Waals surface area contributed by atoms with Gasteiger partial charge in [0, 0.05) is 18.7 Å². The quantitative estimate of drug-likeness (QED) is 0.310. The lowest BCUT2D eigenvalue weighted by molar-refractivity contribution is -0.387. The lowest BCUT2D eigenvalue weighted by atomic mass is 10.2. The standard InChI is InChI=1S/C20H18FN3O6/c1-12(19(26)23-15-8-9-16(21)18(11-15)24(28)29)30-20(27)17(22-13(2)25)10-14-6-4-3-5-7-14/h3-12H,1-2H3,(H,22,25)(H,23,26)/b17-10-/t12-/m0/s1. The van der Waals surface area contributed by atoms with Gasteiger partial charge in [-0.1, -0.05) is 30.3 Å². The van der Waals surface area contributed by atoms with Crippen molar-refractivity contribution < 1.29 is 28.4 Å². The number of carbonyl (C=O) groups is 3. The van der Waals surface area contributed by atoms with Crippen molar-refractivity contribution in [2.24, 2.45) is 0 Å². The third-order valence-electron chi connectivity index (χ3n) is 3.70. The van der Waals surface area contributed by atoms with Gasteiger partial charge in [-0.05, 0) is 30.7 Å². The second kappa shape index (κ2) is 9.92. The molecular formula is C20H18FN3O6. The molecule has 0 aliphatic carbocycles. The van der Waals surface area contributed by atoms with Gasteiger partial charge in [-0.25, -0.2) is 4.79 Å². The van der Waals surface area contributed by atoms with Crippen molar-refractivity contribution in [3.05, 3.63) is 75.7 Å². The zero-order chi connectivity index (χ0) is 22.3. The van der Waals surface area contributed by atoms with Crippen LogP contribution in [-0.4, -0.2) is 28.8 Å². The van der Waals surface area contributed by atoms with E-state index < -0.39 is 40.3 Å². The molecule has 2 N–H and O–H groups in total. The van der Waals surface area contributed by atoms with Crippen LogP contribution in [0.25, 0.3) is 6.08 Å². The number of halogens is 1. The molecule has 0 aromatic heterocycles. The largest absolute Gasteiger partial charge is 0.448 e. The van der Waals surface area contributed by atoms with E-state index in [1.165, 1.54) is 19.9 Å². The Kier molecular flexibility index (Phi) is 7.34. The molecule has 1 atom stereocenters. The van der Waals surface area contributed by atoms with Gasteiger partial charge in [0.05, 0.1) is 4.92 Å². The number of anilines is 1. The number of hydrogen-bond acceptors (Lipinski definition) is 6. The highest BCUT2D eigenvalue weighted by atomic mass is 19.1. The number of amides is 2. The Morgan fingerprint density at radius 3 is 2.43 bits per heavy atom. The maximum Gasteiger partial charge on any atom is 0.355 e. The lowest BCUT2D eigenvalue weighted by Gasteiger charge is -2.15. The van der Waals surface area contributed by atoms with Gasteiger partial charge in [0.15, 0.2) is 6.10 Å². The summed E-state index contributed by atoms with van der Waals surface area (Å²) in [4.78, 5) is 45.9. The van der Waals surface area contributed by atoms with Crippen LogP contribution in [0.3, 0.4) is 0 Å². The number of nitrogens with zero attached hydrogens (tertiary/aromatic N) is 1. The molecule has 2 rings (SSSR count). The first-order valence-electron chi connectivity index (χ1n) is 8.67. The molecule has 0 radical (unpaired) electrons. The molecule has 30 heavy (non-hydrogen) atoms. The minimum absolute atomic E-state index is 0.0436. The molecule has 0 spiro atoms. The number of rotatable bonds is 7. The summed E-state index contributed by atoms with van der Waals surface area (Å²) in [5.41, 5.74) is -0.409. The summed E-state index contributed by atoms with van der Waals surface area (Å²) in [5, 5.41) is 15.4. The summed E-state index contributed by atoms with van der Waals surface area (Å²) < 4.78 is 18.5. The Balaban J connectivity index is 2.11. The maximum atomic E-state index is 13.4. The van der Waals surface area contributed by atoms with Crippen molar-refractivity contribution in [1.82, 2.24) is 5.32 Å². The van der Waals surface area contributed by atoms with Crippen molar-refractivity contribution in [2.45, 2.75) is 20.0 Å². The number of nitro groups is 1. The average Bonchev–Trinajstić information content (AvgIpc) is 2.69. The SMILES string of the molecule is CC(=O)N/C(=C\c1ccccc1)C(=O)O[C@@H](C)C(=O)Nc1ccc(F)c([N+](=O)[O-])c1. The number of ether oxygens (including phenoxy) is 1. The zero-order valence-electron chi connectivity index (χ0n) is 16.0. The van der Waals surface area contributed by atoms with E-state index in [1.807, 2.05) is 0 Å². The van der Waals surface area contributed by atoms with Crippen LogP contribution < -0.4 is 10.6 Å². The van der Waals surface area contributed by atoms with Gasteiger partial charge in [0.2, 0.25) is 11.7 Å². The van der Waals surface area contributed by atoms with Gasteiger partial charge in [0.1, 0.15) is 5.70 Å². The average molecular weight is 415 g/mol. The summed E-state index contributed by atoms with van der Waals surface area (Å²) in [6.45, 7) is 2.49. The molecule has 156 valence electrons. The number of carbonyl (C=O) groups excluding carboxylic acids is 3. The molecule has 0 saturated carbocycles. The summed E-state index contributed by atoms with van der Waals surface area (Å²) in [6, 6.07) is 11.5. The van der Waals surface area contributed by atoms with Crippen LogP contribution >= 0.6 is 0 Å². The Morgan fingerprint density at radius 2 is 1.83 bits per heavy atom. The summed E-state index contributed by atoms with van der Waals surface area (Å²) in [6.07, 6.45) is 0.0760. The van der Waals surface area contributed by atoms with E-state index in [0.717, 1.165) is 18.2 Å². The van der Waals surface area contributed by atoms with Crippen molar-refractivity contribution in [3.63, 3.8) is 0 Å². The minimum atomic E-state index is -1.31. The highest BCUT2D eigenvalue weighted by molar-refractivity contribution is 6.00. The fraction of sp³-hybridized carbons (Fsp3) is 0.150. The van der Waals surface area contributed by atoms with Crippen LogP contribution in [0.15, 0.2) is 54.2 Å². The van der Waals surface area contributed by atoms with E-state index in [4.69, 9.17) is 4.74 Å². The van der Waals surface area contributed by atoms with Gasteiger partial charge in [-0.3, -0.25) is 19.7 Å². The first-order chi connectivity index (χ1) is 14.2. The van der Waals surface area contributed by atoms with Crippen molar-refractivity contribution in [1.29, 1.82) is 0 Å². The number of nitro benzene ring substituents is 1. The van der Waals surface area contributed by atoms with Crippen LogP contribution in [0.1, 0.15) is 19.4 Å². The number of hydrogen-bond donors (Lipinski definition) is 2. The number of esters is 1. The lowest BCUT2D eigenvalue weighted by Crippen LogP contribution is -2.33. The molecule has 0 aliphatic rings.